The third-order valence-corrected chi connectivity index (χ3v) is 6.42. The lowest BCUT2D eigenvalue weighted by Crippen LogP contribution is -2.41. The molecule has 2 aromatic carbocycles. The molecule has 156 valence electrons. The van der Waals surface area contributed by atoms with Crippen LogP contribution >= 0.6 is 0 Å². The number of rotatable bonds is 7. The molecule has 1 aliphatic heterocycles. The molecule has 0 radical (unpaired) electrons. The molecule has 1 aliphatic rings. The Balaban J connectivity index is 1.48. The molecule has 1 atom stereocenters. The summed E-state index contributed by atoms with van der Waals surface area (Å²) in [6, 6.07) is 18.3. The van der Waals surface area contributed by atoms with Crippen molar-refractivity contribution < 1.29 is 13.2 Å². The van der Waals surface area contributed by atoms with Gasteiger partial charge in [0.15, 0.2) is 0 Å². The van der Waals surface area contributed by atoms with Crippen molar-refractivity contribution in [3.63, 3.8) is 0 Å². The highest BCUT2D eigenvalue weighted by Crippen LogP contribution is 2.24. The number of nitrogens with one attached hydrogen (secondary N) is 1. The molecule has 1 amide bonds. The molecule has 9 heteroatoms. The zero-order valence-corrected chi connectivity index (χ0v) is 17.4. The summed E-state index contributed by atoms with van der Waals surface area (Å²) in [6.07, 6.45) is 0. The lowest BCUT2D eigenvalue weighted by atomic mass is 10.1. The Bertz CT molecular complexity index is 1130. The Morgan fingerprint density at radius 2 is 1.67 bits per heavy atom. The average molecular weight is 426 g/mol. The van der Waals surface area contributed by atoms with Gasteiger partial charge in [-0.3, -0.25) is 4.79 Å². The largest absolute Gasteiger partial charge is 0.331 e. The first kappa shape index (κ1) is 20.2. The van der Waals surface area contributed by atoms with Crippen LogP contribution in [0.4, 0.5) is 0 Å². The van der Waals surface area contributed by atoms with Crippen LogP contribution in [0.3, 0.4) is 0 Å². The zero-order valence-electron chi connectivity index (χ0n) is 16.6. The van der Waals surface area contributed by atoms with Gasteiger partial charge in [0.2, 0.25) is 15.9 Å². The topological polar surface area (TPSA) is 97.2 Å². The van der Waals surface area contributed by atoms with Crippen LogP contribution in [0.25, 0.3) is 0 Å². The van der Waals surface area contributed by atoms with E-state index in [4.69, 9.17) is 0 Å². The Kier molecular flexibility index (Phi) is 5.65. The molecule has 0 saturated heterocycles. The minimum atomic E-state index is -3.53. The van der Waals surface area contributed by atoms with Crippen molar-refractivity contribution in [3.05, 3.63) is 83.2 Å². The van der Waals surface area contributed by atoms with Gasteiger partial charge in [-0.1, -0.05) is 65.9 Å². The second-order valence-electron chi connectivity index (χ2n) is 7.35. The summed E-state index contributed by atoms with van der Waals surface area (Å²) in [5, 5.41) is 8.24. The van der Waals surface area contributed by atoms with Gasteiger partial charge < -0.3 is 4.90 Å². The minimum absolute atomic E-state index is 0.0323. The van der Waals surface area contributed by atoms with E-state index in [0.29, 0.717) is 24.3 Å². The first-order valence-corrected chi connectivity index (χ1v) is 11.3. The molecule has 1 aromatic heterocycles. The van der Waals surface area contributed by atoms with Gasteiger partial charge in [-0.25, -0.2) is 17.8 Å². The van der Waals surface area contributed by atoms with Crippen molar-refractivity contribution >= 4 is 15.9 Å². The van der Waals surface area contributed by atoms with E-state index in [1.165, 1.54) is 0 Å². The van der Waals surface area contributed by atoms with Crippen molar-refractivity contribution in [1.29, 1.82) is 0 Å². The molecule has 0 bridgehead atoms. The molecule has 8 nitrogen and oxygen atoms in total. The van der Waals surface area contributed by atoms with Crippen molar-refractivity contribution in [2.24, 2.45) is 0 Å². The minimum Gasteiger partial charge on any atom is -0.331 e. The number of carbonyl (C=O) groups is 1. The Morgan fingerprint density at radius 3 is 2.33 bits per heavy atom. The number of sulfonamides is 1. The second kappa shape index (κ2) is 8.37. The van der Waals surface area contributed by atoms with Gasteiger partial charge in [0.25, 0.3) is 0 Å². The molecule has 4 rings (SSSR count). The van der Waals surface area contributed by atoms with Crippen LogP contribution in [-0.4, -0.2) is 34.2 Å². The maximum atomic E-state index is 12.7. The van der Waals surface area contributed by atoms with E-state index >= 15 is 0 Å². The van der Waals surface area contributed by atoms with E-state index in [0.717, 1.165) is 11.3 Å². The summed E-state index contributed by atoms with van der Waals surface area (Å²) >= 11 is 0. The fourth-order valence-corrected chi connectivity index (χ4v) is 4.64. The molecule has 0 saturated carbocycles. The number of benzene rings is 2. The van der Waals surface area contributed by atoms with Crippen LogP contribution in [0.1, 0.15) is 35.5 Å². The van der Waals surface area contributed by atoms with Crippen molar-refractivity contribution in [1.82, 2.24) is 24.6 Å². The fraction of sp³-hybridized carbons (Fsp3) is 0.286. The fourth-order valence-electron chi connectivity index (χ4n) is 3.55. The Morgan fingerprint density at radius 1 is 1.03 bits per heavy atom. The van der Waals surface area contributed by atoms with Crippen LogP contribution in [0.5, 0.6) is 0 Å². The quantitative estimate of drug-likeness (QED) is 0.624. The summed E-state index contributed by atoms with van der Waals surface area (Å²) in [7, 11) is -3.53. The molecule has 0 spiro atoms. The Labute approximate surface area is 175 Å². The van der Waals surface area contributed by atoms with Crippen molar-refractivity contribution in [2.45, 2.75) is 38.4 Å². The maximum absolute atomic E-state index is 12.7. The monoisotopic (exact) mass is 425 g/mol. The van der Waals surface area contributed by atoms with E-state index in [2.05, 4.69) is 15.0 Å². The summed E-state index contributed by atoms with van der Waals surface area (Å²) in [6.45, 7) is 2.63. The smallest absolute Gasteiger partial charge is 0.247 e. The predicted octanol–water partition coefficient (Wildman–Crippen LogP) is 2.00. The third kappa shape index (κ3) is 4.42. The number of aromatic nitrogens is 3. The number of hydrogen-bond acceptors (Lipinski definition) is 5. The van der Waals surface area contributed by atoms with E-state index in [1.54, 1.807) is 40.8 Å². The van der Waals surface area contributed by atoms with Gasteiger partial charge in [0, 0.05) is 6.54 Å². The molecule has 30 heavy (non-hydrogen) atoms. The van der Waals surface area contributed by atoms with Gasteiger partial charge in [0.1, 0.15) is 11.7 Å². The number of carbonyl (C=O) groups excluding carboxylic acids is 1. The molecule has 1 N–H and O–H groups in total. The van der Waals surface area contributed by atoms with Crippen LogP contribution in [-0.2, 0) is 40.2 Å². The molecule has 2 heterocycles. The van der Waals surface area contributed by atoms with Gasteiger partial charge in [-0.15, -0.1) is 5.10 Å². The highest BCUT2D eigenvalue weighted by Gasteiger charge is 2.33. The van der Waals surface area contributed by atoms with E-state index in [1.807, 2.05) is 36.4 Å². The van der Waals surface area contributed by atoms with Gasteiger partial charge in [-0.05, 0) is 18.1 Å². The number of amides is 1. The van der Waals surface area contributed by atoms with Gasteiger partial charge in [0.05, 0.1) is 24.5 Å². The lowest BCUT2D eigenvalue weighted by Gasteiger charge is -2.31. The molecular weight excluding hydrogens is 402 g/mol. The van der Waals surface area contributed by atoms with Gasteiger partial charge in [-0.2, -0.15) is 0 Å². The number of nitrogens with zero attached hydrogens (tertiary/aromatic N) is 4. The van der Waals surface area contributed by atoms with Crippen LogP contribution in [0, 0.1) is 0 Å². The summed E-state index contributed by atoms with van der Waals surface area (Å²) in [5.41, 5.74) is 3.02. The standard InChI is InChI=1S/C21H23N5O3S/c1-16-21(27)25(13-17-8-4-2-5-9-17)14-20-19(23-24-26(16)20)12-22-30(28,29)15-18-10-6-3-7-11-18/h2-11,16,22H,12-15H2,1H3. The third-order valence-electron chi connectivity index (χ3n) is 5.12. The summed E-state index contributed by atoms with van der Waals surface area (Å²) in [4.78, 5) is 14.5. The first-order valence-electron chi connectivity index (χ1n) is 9.70. The normalized spacial score (nSPS) is 16.5. The van der Waals surface area contributed by atoms with Crippen LogP contribution < -0.4 is 4.72 Å². The summed E-state index contributed by atoms with van der Waals surface area (Å²) < 4.78 is 29.1. The highest BCUT2D eigenvalue weighted by molar-refractivity contribution is 7.88. The summed E-state index contributed by atoms with van der Waals surface area (Å²) in [5.74, 6) is -0.140. The maximum Gasteiger partial charge on any atom is 0.247 e. The number of fused-ring (bicyclic) bond motifs is 1. The SMILES string of the molecule is CC1C(=O)N(Cc2ccccc2)Cc2c(CNS(=O)(=O)Cc3ccccc3)nnn21. The van der Waals surface area contributed by atoms with Crippen LogP contribution in [0.2, 0.25) is 0 Å². The molecule has 0 fully saturated rings. The highest BCUT2D eigenvalue weighted by atomic mass is 32.2. The van der Waals surface area contributed by atoms with Gasteiger partial charge >= 0.3 is 0 Å². The zero-order chi connectivity index (χ0) is 21.1. The average Bonchev–Trinajstić information content (AvgIpc) is 3.14. The Hall–Kier alpha value is -3.04. The first-order chi connectivity index (χ1) is 14.4. The lowest BCUT2D eigenvalue weighted by molar-refractivity contribution is -0.138. The van der Waals surface area contributed by atoms with Crippen molar-refractivity contribution in [3.8, 4) is 0 Å². The molecule has 1 unspecified atom stereocenters. The van der Waals surface area contributed by atoms with E-state index < -0.39 is 16.1 Å². The second-order valence-corrected chi connectivity index (χ2v) is 9.16. The molecule has 0 aliphatic carbocycles. The predicted molar refractivity (Wildman–Crippen MR) is 111 cm³/mol. The van der Waals surface area contributed by atoms with Crippen molar-refractivity contribution in [2.75, 3.05) is 0 Å². The van der Waals surface area contributed by atoms with E-state index in [-0.39, 0.29) is 18.2 Å². The van der Waals surface area contributed by atoms with Crippen LogP contribution in [0.15, 0.2) is 60.7 Å². The molecule has 3 aromatic rings. The van der Waals surface area contributed by atoms with E-state index in [9.17, 15) is 13.2 Å². The molecular formula is C21H23N5O3S. The number of hydrogen-bond donors (Lipinski definition) is 1.